The molecule has 5 nitrogen and oxygen atoms in total. The fraction of sp³-hybridized carbons (Fsp3) is 0.417. The van der Waals surface area contributed by atoms with Gasteiger partial charge in [0.1, 0.15) is 4.71 Å². The number of carbonyl (C=O) groups excluding carboxylic acids is 1. The maximum atomic E-state index is 11.9. The predicted octanol–water partition coefficient (Wildman–Crippen LogP) is 2.00. The lowest BCUT2D eigenvalue weighted by Gasteiger charge is -2.36. The Labute approximate surface area is 137 Å². The van der Waals surface area contributed by atoms with E-state index in [4.69, 9.17) is 0 Å². The molecule has 1 amide bonds. The van der Waals surface area contributed by atoms with Crippen LogP contribution in [0.4, 0.5) is 5.69 Å². The molecule has 0 radical (unpaired) electrons. The molecular formula is C12H17BrN4OS2. The molecule has 2 rings (SSSR count). The first-order chi connectivity index (χ1) is 9.54. The van der Waals surface area contributed by atoms with Crippen LogP contribution >= 0.6 is 40.3 Å². The van der Waals surface area contributed by atoms with Crippen molar-refractivity contribution in [1.29, 1.82) is 0 Å². The molecule has 1 saturated heterocycles. The molecule has 1 unspecified atom stereocenters. The van der Waals surface area contributed by atoms with E-state index in [0.717, 1.165) is 22.7 Å². The Balaban J connectivity index is 1.74. The van der Waals surface area contributed by atoms with Gasteiger partial charge in [-0.15, -0.1) is 24.4 Å². The second-order valence-electron chi connectivity index (χ2n) is 4.53. The number of hydrogen-bond donors (Lipinski definition) is 3. The molecule has 0 aliphatic carbocycles. The Bertz CT molecular complexity index is 459. The lowest BCUT2D eigenvalue weighted by molar-refractivity contribution is -0.122. The first kappa shape index (κ1) is 16.0. The van der Waals surface area contributed by atoms with Crippen LogP contribution in [-0.2, 0) is 4.79 Å². The quantitative estimate of drug-likeness (QED) is 0.554. The highest BCUT2D eigenvalue weighted by Crippen LogP contribution is 2.24. The molecule has 0 spiro atoms. The summed E-state index contributed by atoms with van der Waals surface area (Å²) in [7, 11) is 1.99. The summed E-state index contributed by atoms with van der Waals surface area (Å²) in [6.45, 7) is 1.11. The Morgan fingerprint density at radius 2 is 2.20 bits per heavy atom. The molecule has 2 N–H and O–H groups in total. The summed E-state index contributed by atoms with van der Waals surface area (Å²) < 4.78 is 1.21. The predicted molar refractivity (Wildman–Crippen MR) is 90.5 cm³/mol. The first-order valence-corrected chi connectivity index (χ1v) is 8.43. The molecule has 1 aromatic rings. The number of thioether (sulfide) groups is 1. The number of halogens is 1. The van der Waals surface area contributed by atoms with Crippen LogP contribution in [0.2, 0.25) is 0 Å². The number of nitrogens with one attached hydrogen (secondary N) is 2. The maximum Gasteiger partial charge on any atom is 0.252 e. The molecule has 1 heterocycles. The monoisotopic (exact) mass is 376 g/mol. The van der Waals surface area contributed by atoms with Crippen molar-refractivity contribution in [2.45, 2.75) is 4.71 Å². The van der Waals surface area contributed by atoms with E-state index >= 15 is 0 Å². The normalized spacial score (nSPS) is 20.6. The highest BCUT2D eigenvalue weighted by Gasteiger charge is 2.22. The molecule has 0 saturated carbocycles. The van der Waals surface area contributed by atoms with Crippen molar-refractivity contribution in [2.24, 2.45) is 0 Å². The Morgan fingerprint density at radius 3 is 2.85 bits per heavy atom. The Kier molecular flexibility index (Phi) is 6.03. The van der Waals surface area contributed by atoms with E-state index in [2.05, 4.69) is 49.2 Å². The van der Waals surface area contributed by atoms with Crippen molar-refractivity contribution in [2.75, 3.05) is 31.6 Å². The maximum absolute atomic E-state index is 11.9. The second-order valence-corrected chi connectivity index (χ2v) is 7.32. The molecule has 1 aromatic carbocycles. The highest BCUT2D eigenvalue weighted by atomic mass is 79.9. The molecular weight excluding hydrogens is 360 g/mol. The average Bonchev–Trinajstić information content (AvgIpc) is 2.42. The van der Waals surface area contributed by atoms with Crippen LogP contribution in [0, 0.1) is 0 Å². The number of hydrazine groups is 1. The number of rotatable bonds is 4. The van der Waals surface area contributed by atoms with Crippen LogP contribution in [-0.4, -0.2) is 46.6 Å². The average molecular weight is 377 g/mol. The highest BCUT2D eigenvalue weighted by molar-refractivity contribution is 9.10. The standard InChI is InChI=1S/C12H17BrN4OS2/c1-16-7-17(8-20-12(16)19)6-11(18)15-14-10-4-2-9(13)3-5-10/h2-5,12,14,19H,6-8H2,1H3,(H,15,18). The molecule has 110 valence electrons. The first-order valence-electron chi connectivity index (χ1n) is 6.07. The summed E-state index contributed by atoms with van der Waals surface area (Å²) >= 11 is 9.50. The van der Waals surface area contributed by atoms with Crippen LogP contribution in [0.25, 0.3) is 0 Å². The zero-order valence-corrected chi connectivity index (χ0v) is 14.3. The van der Waals surface area contributed by atoms with Crippen molar-refractivity contribution in [1.82, 2.24) is 15.2 Å². The van der Waals surface area contributed by atoms with Gasteiger partial charge in [-0.3, -0.25) is 25.4 Å². The smallest absolute Gasteiger partial charge is 0.252 e. The van der Waals surface area contributed by atoms with Gasteiger partial charge in [0.05, 0.1) is 18.9 Å². The third-order valence-electron chi connectivity index (χ3n) is 2.76. The van der Waals surface area contributed by atoms with Crippen molar-refractivity contribution in [3.8, 4) is 0 Å². The van der Waals surface area contributed by atoms with Crippen LogP contribution in [0.1, 0.15) is 0 Å². The van der Waals surface area contributed by atoms with Crippen molar-refractivity contribution >= 4 is 51.9 Å². The van der Waals surface area contributed by atoms with Gasteiger partial charge in [0, 0.05) is 10.3 Å². The van der Waals surface area contributed by atoms with E-state index in [0.29, 0.717) is 6.54 Å². The van der Waals surface area contributed by atoms with Gasteiger partial charge in [0.2, 0.25) is 0 Å². The summed E-state index contributed by atoms with van der Waals surface area (Å²) in [5.41, 5.74) is 6.45. The fourth-order valence-corrected chi connectivity index (χ4v) is 3.11. The number of anilines is 1. The van der Waals surface area contributed by atoms with Gasteiger partial charge in [-0.25, -0.2) is 0 Å². The van der Waals surface area contributed by atoms with E-state index in [1.165, 1.54) is 0 Å². The van der Waals surface area contributed by atoms with Crippen molar-refractivity contribution in [3.05, 3.63) is 28.7 Å². The van der Waals surface area contributed by atoms with Crippen molar-refractivity contribution < 1.29 is 4.79 Å². The number of amides is 1. The summed E-state index contributed by atoms with van der Waals surface area (Å²) in [6.07, 6.45) is 0. The van der Waals surface area contributed by atoms with Gasteiger partial charge < -0.3 is 0 Å². The van der Waals surface area contributed by atoms with E-state index < -0.39 is 0 Å². The summed E-state index contributed by atoms with van der Waals surface area (Å²) in [5, 5.41) is 0. The van der Waals surface area contributed by atoms with Gasteiger partial charge in [0.25, 0.3) is 5.91 Å². The molecule has 1 atom stereocenters. The number of nitrogens with zero attached hydrogens (tertiary/aromatic N) is 2. The van der Waals surface area contributed by atoms with E-state index in [1.54, 1.807) is 11.8 Å². The molecule has 20 heavy (non-hydrogen) atoms. The number of carbonyl (C=O) groups is 1. The molecule has 8 heteroatoms. The van der Waals surface area contributed by atoms with Gasteiger partial charge in [0.15, 0.2) is 0 Å². The van der Waals surface area contributed by atoms with Gasteiger partial charge in [-0.05, 0) is 31.3 Å². The third-order valence-corrected chi connectivity index (χ3v) is 5.31. The molecule has 0 aromatic heterocycles. The minimum atomic E-state index is -0.0560. The van der Waals surface area contributed by atoms with Crippen LogP contribution < -0.4 is 10.9 Å². The minimum absolute atomic E-state index is 0.0560. The van der Waals surface area contributed by atoms with E-state index in [9.17, 15) is 4.79 Å². The number of thiol groups is 1. The number of hydrogen-bond acceptors (Lipinski definition) is 6. The van der Waals surface area contributed by atoms with E-state index in [1.807, 2.05) is 31.3 Å². The fourth-order valence-electron chi connectivity index (χ4n) is 1.74. The summed E-state index contributed by atoms with van der Waals surface area (Å²) in [6, 6.07) is 7.61. The lowest BCUT2D eigenvalue weighted by Crippen LogP contribution is -2.48. The number of benzene rings is 1. The zero-order chi connectivity index (χ0) is 14.5. The molecule has 1 aliphatic rings. The van der Waals surface area contributed by atoms with E-state index in [-0.39, 0.29) is 10.6 Å². The van der Waals surface area contributed by atoms with Crippen LogP contribution in [0.3, 0.4) is 0 Å². The SMILES string of the molecule is CN1CN(CC(=O)NNc2ccc(Br)cc2)CSC1S. The minimum Gasteiger partial charge on any atom is -0.299 e. The zero-order valence-electron chi connectivity index (χ0n) is 11.0. The van der Waals surface area contributed by atoms with Gasteiger partial charge in [-0.1, -0.05) is 15.9 Å². The Hall–Kier alpha value is -0.410. The van der Waals surface area contributed by atoms with Crippen LogP contribution in [0.15, 0.2) is 28.7 Å². The summed E-state index contributed by atoms with van der Waals surface area (Å²) in [4.78, 5) is 16.0. The largest absolute Gasteiger partial charge is 0.299 e. The summed E-state index contributed by atoms with van der Waals surface area (Å²) in [5.74, 6) is 0.754. The topological polar surface area (TPSA) is 47.6 Å². The molecule has 1 fully saturated rings. The van der Waals surface area contributed by atoms with Crippen LogP contribution in [0.5, 0.6) is 0 Å². The second kappa shape index (κ2) is 7.56. The lowest BCUT2D eigenvalue weighted by atomic mass is 10.3. The van der Waals surface area contributed by atoms with Crippen molar-refractivity contribution in [3.63, 3.8) is 0 Å². The Morgan fingerprint density at radius 1 is 1.50 bits per heavy atom. The molecule has 0 bridgehead atoms. The van der Waals surface area contributed by atoms with Gasteiger partial charge >= 0.3 is 0 Å². The third kappa shape index (κ3) is 4.85. The van der Waals surface area contributed by atoms with Gasteiger partial charge in [-0.2, -0.15) is 0 Å². The molecule has 1 aliphatic heterocycles.